The van der Waals surface area contributed by atoms with Gasteiger partial charge in [-0.25, -0.2) is 9.97 Å². The quantitative estimate of drug-likeness (QED) is 0.616. The summed E-state index contributed by atoms with van der Waals surface area (Å²) in [6.07, 6.45) is 4.93. The van der Waals surface area contributed by atoms with Gasteiger partial charge in [0.15, 0.2) is 5.78 Å². The number of benzene rings is 1. The van der Waals surface area contributed by atoms with Gasteiger partial charge in [-0.2, -0.15) is 0 Å². The summed E-state index contributed by atoms with van der Waals surface area (Å²) in [6, 6.07) is 5.81. The van der Waals surface area contributed by atoms with Crippen molar-refractivity contribution in [2.75, 3.05) is 24.5 Å². The first kappa shape index (κ1) is 18.8. The van der Waals surface area contributed by atoms with Gasteiger partial charge < -0.3 is 9.80 Å². The zero-order valence-electron chi connectivity index (χ0n) is 16.0. The summed E-state index contributed by atoms with van der Waals surface area (Å²) < 4.78 is 0. The highest BCUT2D eigenvalue weighted by Gasteiger charge is 2.26. The number of hydrogen-bond donors (Lipinski definition) is 0. The Morgan fingerprint density at radius 3 is 2.44 bits per heavy atom. The van der Waals surface area contributed by atoms with E-state index in [-0.39, 0.29) is 17.7 Å². The molecule has 1 aliphatic heterocycles. The lowest BCUT2D eigenvalue weighted by molar-refractivity contribution is -0.131. The SMILES string of the molecule is C=CC(=O)c1ccc(-c2cnc(N3CCN(C(C)=O)[C@H](C)C3)nc2)cc1C. The first-order valence-corrected chi connectivity index (χ1v) is 9.02. The van der Waals surface area contributed by atoms with Crippen molar-refractivity contribution in [3.63, 3.8) is 0 Å². The maximum Gasteiger partial charge on any atom is 0.225 e. The number of aryl methyl sites for hydroxylation is 1. The Labute approximate surface area is 159 Å². The zero-order valence-corrected chi connectivity index (χ0v) is 16.0. The summed E-state index contributed by atoms with van der Waals surface area (Å²) in [5, 5.41) is 0. The Kier molecular flexibility index (Phi) is 5.35. The molecule has 0 aliphatic carbocycles. The van der Waals surface area contributed by atoms with Gasteiger partial charge in [-0.1, -0.05) is 24.8 Å². The molecule has 0 radical (unpaired) electrons. The average molecular weight is 364 g/mol. The molecule has 1 amide bonds. The van der Waals surface area contributed by atoms with E-state index in [1.807, 2.05) is 36.9 Å². The number of amides is 1. The smallest absolute Gasteiger partial charge is 0.225 e. The van der Waals surface area contributed by atoms with Crippen LogP contribution in [0.3, 0.4) is 0 Å². The number of hydrogen-bond acceptors (Lipinski definition) is 5. The Balaban J connectivity index is 1.76. The second kappa shape index (κ2) is 7.70. The summed E-state index contributed by atoms with van der Waals surface area (Å²) in [7, 11) is 0. The molecule has 6 nitrogen and oxygen atoms in total. The maximum atomic E-state index is 11.8. The molecule has 0 saturated carbocycles. The highest BCUT2D eigenvalue weighted by atomic mass is 16.2. The van der Waals surface area contributed by atoms with Crippen molar-refractivity contribution in [1.29, 1.82) is 0 Å². The monoisotopic (exact) mass is 364 g/mol. The first-order valence-electron chi connectivity index (χ1n) is 9.02. The summed E-state index contributed by atoms with van der Waals surface area (Å²) >= 11 is 0. The van der Waals surface area contributed by atoms with Crippen molar-refractivity contribution < 1.29 is 9.59 Å². The molecule has 0 unspecified atom stereocenters. The van der Waals surface area contributed by atoms with Gasteiger partial charge in [0.05, 0.1) is 0 Å². The van der Waals surface area contributed by atoms with Crippen LogP contribution in [0.15, 0.2) is 43.2 Å². The van der Waals surface area contributed by atoms with Crippen LogP contribution in [0.2, 0.25) is 0 Å². The van der Waals surface area contributed by atoms with Gasteiger partial charge in [-0.05, 0) is 31.1 Å². The van der Waals surface area contributed by atoms with E-state index in [0.717, 1.165) is 29.8 Å². The fourth-order valence-electron chi connectivity index (χ4n) is 3.47. The standard InChI is InChI=1S/C21H24N4O2/c1-5-20(27)19-7-6-17(10-14(19)2)18-11-22-21(23-12-18)24-8-9-25(16(4)26)15(3)13-24/h5-7,10-12,15H,1,8-9,13H2,2-4H3/t15-/m1/s1. The lowest BCUT2D eigenvalue weighted by atomic mass is 9.99. The summed E-state index contributed by atoms with van der Waals surface area (Å²) in [5.74, 6) is 0.695. The van der Waals surface area contributed by atoms with E-state index < -0.39 is 0 Å². The highest BCUT2D eigenvalue weighted by molar-refractivity contribution is 6.05. The normalized spacial score (nSPS) is 16.9. The van der Waals surface area contributed by atoms with Crippen LogP contribution in [0.25, 0.3) is 11.1 Å². The van der Waals surface area contributed by atoms with Crippen LogP contribution in [0.5, 0.6) is 0 Å². The van der Waals surface area contributed by atoms with Crippen LogP contribution in [0.4, 0.5) is 5.95 Å². The van der Waals surface area contributed by atoms with E-state index in [1.165, 1.54) is 6.08 Å². The van der Waals surface area contributed by atoms with E-state index >= 15 is 0 Å². The number of carbonyl (C=O) groups excluding carboxylic acids is 2. The second-order valence-electron chi connectivity index (χ2n) is 6.88. The molecule has 1 saturated heterocycles. The minimum atomic E-state index is -0.0792. The Bertz CT molecular complexity index is 876. The zero-order chi connectivity index (χ0) is 19.6. The number of anilines is 1. The highest BCUT2D eigenvalue weighted by Crippen LogP contribution is 2.23. The minimum Gasteiger partial charge on any atom is -0.337 e. The lowest BCUT2D eigenvalue weighted by Gasteiger charge is -2.39. The van der Waals surface area contributed by atoms with Crippen molar-refractivity contribution in [2.45, 2.75) is 26.8 Å². The molecular weight excluding hydrogens is 340 g/mol. The van der Waals surface area contributed by atoms with Gasteiger partial charge in [0.25, 0.3) is 0 Å². The van der Waals surface area contributed by atoms with E-state index in [0.29, 0.717) is 18.1 Å². The van der Waals surface area contributed by atoms with Gasteiger partial charge in [0.2, 0.25) is 11.9 Å². The molecular formula is C21H24N4O2. The molecule has 2 heterocycles. The number of ketones is 1. The molecule has 1 atom stereocenters. The predicted molar refractivity (Wildman–Crippen MR) is 106 cm³/mol. The number of piperazine rings is 1. The minimum absolute atomic E-state index is 0.0792. The summed E-state index contributed by atoms with van der Waals surface area (Å²) in [4.78, 5) is 36.4. The molecule has 140 valence electrons. The molecule has 0 spiro atoms. The average Bonchev–Trinajstić information content (AvgIpc) is 2.67. The molecule has 27 heavy (non-hydrogen) atoms. The van der Waals surface area contributed by atoms with Crippen molar-refractivity contribution in [2.24, 2.45) is 0 Å². The third-order valence-electron chi connectivity index (χ3n) is 4.96. The Morgan fingerprint density at radius 2 is 1.89 bits per heavy atom. The maximum absolute atomic E-state index is 11.8. The Hall–Kier alpha value is -3.02. The molecule has 3 rings (SSSR count). The molecule has 6 heteroatoms. The number of carbonyl (C=O) groups is 2. The van der Waals surface area contributed by atoms with E-state index in [1.54, 1.807) is 19.3 Å². The molecule has 1 aromatic heterocycles. The van der Waals surface area contributed by atoms with E-state index in [2.05, 4.69) is 21.4 Å². The van der Waals surface area contributed by atoms with E-state index in [9.17, 15) is 9.59 Å². The fourth-order valence-corrected chi connectivity index (χ4v) is 3.47. The van der Waals surface area contributed by atoms with Crippen LogP contribution in [-0.2, 0) is 4.79 Å². The molecule has 1 aromatic carbocycles. The van der Waals surface area contributed by atoms with Crippen LogP contribution < -0.4 is 4.90 Å². The van der Waals surface area contributed by atoms with Crippen molar-refractivity contribution >= 4 is 17.6 Å². The topological polar surface area (TPSA) is 66.4 Å². The van der Waals surface area contributed by atoms with Crippen LogP contribution in [0, 0.1) is 6.92 Å². The third kappa shape index (κ3) is 3.89. The van der Waals surface area contributed by atoms with Crippen LogP contribution in [0.1, 0.15) is 29.8 Å². The van der Waals surface area contributed by atoms with Gasteiger partial charge in [-0.3, -0.25) is 9.59 Å². The molecule has 1 aliphatic rings. The number of allylic oxidation sites excluding steroid dienone is 1. The fraction of sp³-hybridized carbons (Fsp3) is 0.333. The van der Waals surface area contributed by atoms with Crippen molar-refractivity contribution in [3.8, 4) is 11.1 Å². The number of rotatable bonds is 4. The number of nitrogens with zero attached hydrogens (tertiary/aromatic N) is 4. The van der Waals surface area contributed by atoms with Crippen LogP contribution in [-0.4, -0.2) is 52.2 Å². The van der Waals surface area contributed by atoms with Gasteiger partial charge in [0, 0.05) is 56.1 Å². The predicted octanol–water partition coefficient (Wildman–Crippen LogP) is 2.88. The molecule has 1 fully saturated rings. The number of aromatic nitrogens is 2. The van der Waals surface area contributed by atoms with Crippen LogP contribution >= 0.6 is 0 Å². The lowest BCUT2D eigenvalue weighted by Crippen LogP contribution is -2.53. The third-order valence-corrected chi connectivity index (χ3v) is 4.96. The Morgan fingerprint density at radius 1 is 1.19 bits per heavy atom. The van der Waals surface area contributed by atoms with Gasteiger partial charge in [0.1, 0.15) is 0 Å². The molecule has 2 aromatic rings. The van der Waals surface area contributed by atoms with Crippen molar-refractivity contribution in [3.05, 3.63) is 54.4 Å². The molecule has 0 bridgehead atoms. The van der Waals surface area contributed by atoms with Gasteiger partial charge >= 0.3 is 0 Å². The summed E-state index contributed by atoms with van der Waals surface area (Å²) in [5.41, 5.74) is 3.42. The van der Waals surface area contributed by atoms with Gasteiger partial charge in [-0.15, -0.1) is 0 Å². The van der Waals surface area contributed by atoms with E-state index in [4.69, 9.17) is 0 Å². The summed E-state index contributed by atoms with van der Waals surface area (Å²) in [6.45, 7) is 11.2. The van der Waals surface area contributed by atoms with Crippen molar-refractivity contribution in [1.82, 2.24) is 14.9 Å². The molecule has 0 N–H and O–H groups in total. The largest absolute Gasteiger partial charge is 0.337 e. The first-order chi connectivity index (χ1) is 12.9. The second-order valence-corrected chi connectivity index (χ2v) is 6.88.